The molecule has 0 saturated carbocycles. The molecule has 3 rings (SSSR count). The largest absolute Gasteiger partial charge is 0.353 e. The van der Waals surface area contributed by atoms with E-state index < -0.39 is 10.0 Å². The number of rotatable bonds is 8. The summed E-state index contributed by atoms with van der Waals surface area (Å²) in [6, 6.07) is 7.66. The van der Waals surface area contributed by atoms with Crippen LogP contribution in [0, 0.1) is 0 Å². The van der Waals surface area contributed by atoms with Gasteiger partial charge in [-0.25, -0.2) is 8.42 Å². The lowest BCUT2D eigenvalue weighted by Gasteiger charge is -2.31. The molecule has 1 aliphatic heterocycles. The normalized spacial score (nSPS) is 15.2. The van der Waals surface area contributed by atoms with E-state index in [4.69, 9.17) is 0 Å². The molecule has 1 saturated heterocycles. The van der Waals surface area contributed by atoms with Crippen LogP contribution in [0.25, 0.3) is 0 Å². The molecule has 0 aliphatic carbocycles. The van der Waals surface area contributed by atoms with Crippen LogP contribution in [0.15, 0.2) is 46.0 Å². The van der Waals surface area contributed by atoms with Gasteiger partial charge in [0.25, 0.3) is 5.91 Å². The van der Waals surface area contributed by atoms with Crippen molar-refractivity contribution in [2.75, 3.05) is 25.0 Å². The second-order valence-electron chi connectivity index (χ2n) is 7.47. The number of nitrogens with one attached hydrogen (secondary N) is 3. The molecule has 0 radical (unpaired) electrons. The summed E-state index contributed by atoms with van der Waals surface area (Å²) in [5, 5.41) is 11.8. The van der Waals surface area contributed by atoms with Gasteiger partial charge >= 0.3 is 0 Å². The van der Waals surface area contributed by atoms with Crippen molar-refractivity contribution < 1.29 is 22.8 Å². The third kappa shape index (κ3) is 6.38. The zero-order valence-corrected chi connectivity index (χ0v) is 19.3. The van der Waals surface area contributed by atoms with E-state index in [9.17, 15) is 22.8 Å². The lowest BCUT2D eigenvalue weighted by atomic mass is 10.1. The molecule has 1 aromatic carbocycles. The van der Waals surface area contributed by atoms with E-state index in [2.05, 4.69) is 16.0 Å². The predicted molar refractivity (Wildman–Crippen MR) is 122 cm³/mol. The molecule has 11 heteroatoms. The van der Waals surface area contributed by atoms with Crippen molar-refractivity contribution in [1.82, 2.24) is 14.9 Å². The number of hydrogen-bond donors (Lipinski definition) is 3. The van der Waals surface area contributed by atoms with Gasteiger partial charge in [0.2, 0.25) is 21.8 Å². The summed E-state index contributed by atoms with van der Waals surface area (Å²) >= 11 is 1.43. The Bertz CT molecular complexity index is 1040. The molecule has 9 nitrogen and oxygen atoms in total. The molecular weight excluding hydrogens is 452 g/mol. The second-order valence-corrected chi connectivity index (χ2v) is 10.2. The van der Waals surface area contributed by atoms with Crippen LogP contribution in [0.1, 0.15) is 36.5 Å². The van der Waals surface area contributed by atoms with Crippen LogP contribution in [0.2, 0.25) is 0 Å². The van der Waals surface area contributed by atoms with Crippen LogP contribution >= 0.6 is 11.3 Å². The average molecular weight is 479 g/mol. The minimum atomic E-state index is -3.64. The highest BCUT2D eigenvalue weighted by atomic mass is 32.2. The zero-order chi connectivity index (χ0) is 23.1. The number of piperidine rings is 1. The van der Waals surface area contributed by atoms with E-state index in [1.165, 1.54) is 34.7 Å². The molecule has 1 aromatic heterocycles. The fourth-order valence-electron chi connectivity index (χ4n) is 3.39. The maximum atomic E-state index is 12.9. The highest BCUT2D eigenvalue weighted by Gasteiger charge is 2.29. The maximum Gasteiger partial charge on any atom is 0.252 e. The van der Waals surface area contributed by atoms with E-state index in [-0.39, 0.29) is 41.6 Å². The molecule has 1 fully saturated rings. The Labute approximate surface area is 191 Å². The van der Waals surface area contributed by atoms with E-state index in [1.54, 1.807) is 23.6 Å². The topological polar surface area (TPSA) is 125 Å². The Morgan fingerprint density at radius 2 is 1.78 bits per heavy atom. The number of benzene rings is 1. The van der Waals surface area contributed by atoms with Crippen LogP contribution in [-0.2, 0) is 19.6 Å². The fourth-order valence-corrected chi connectivity index (χ4v) is 5.49. The third-order valence-corrected chi connectivity index (χ3v) is 7.65. The first-order valence-electron chi connectivity index (χ1n) is 10.2. The van der Waals surface area contributed by atoms with Crippen LogP contribution in [0.4, 0.5) is 5.69 Å². The standard InChI is InChI=1S/C21H26N4O5S2/c1-15(26)23-17-2-4-19(5-3-17)32(29,30)25-11-7-18(8-12-25)24-20(27)6-10-22-21(28)16-9-13-31-14-16/h2-5,9,13-14,18H,6-8,10-12H2,1H3,(H,22,28)(H,23,26)(H,24,27). The molecule has 0 unspecified atom stereocenters. The van der Waals surface area contributed by atoms with Crippen molar-refractivity contribution in [3.8, 4) is 0 Å². The monoisotopic (exact) mass is 478 g/mol. The molecule has 172 valence electrons. The summed E-state index contributed by atoms with van der Waals surface area (Å²) in [5.41, 5.74) is 1.11. The number of nitrogens with zero attached hydrogens (tertiary/aromatic N) is 1. The minimum Gasteiger partial charge on any atom is -0.353 e. The summed E-state index contributed by atoms with van der Waals surface area (Å²) in [7, 11) is -3.64. The first-order chi connectivity index (χ1) is 15.3. The highest BCUT2D eigenvalue weighted by molar-refractivity contribution is 7.89. The summed E-state index contributed by atoms with van der Waals surface area (Å²) in [6.07, 6.45) is 1.18. The first kappa shape index (κ1) is 23.9. The van der Waals surface area contributed by atoms with E-state index in [1.807, 2.05) is 5.38 Å². The van der Waals surface area contributed by atoms with Crippen molar-refractivity contribution in [2.24, 2.45) is 0 Å². The molecule has 3 amide bonds. The average Bonchev–Trinajstić information content (AvgIpc) is 3.29. The Hall–Kier alpha value is -2.76. The van der Waals surface area contributed by atoms with Crippen LogP contribution in [-0.4, -0.2) is 56.1 Å². The smallest absolute Gasteiger partial charge is 0.252 e. The quantitative estimate of drug-likeness (QED) is 0.534. The molecule has 0 spiro atoms. The van der Waals surface area contributed by atoms with Gasteiger partial charge in [0, 0.05) is 55.7 Å². The van der Waals surface area contributed by atoms with Gasteiger partial charge in [0.15, 0.2) is 0 Å². The molecule has 1 aliphatic rings. The number of amides is 3. The van der Waals surface area contributed by atoms with E-state index in [0.717, 1.165) is 0 Å². The Morgan fingerprint density at radius 3 is 2.38 bits per heavy atom. The van der Waals surface area contributed by atoms with Gasteiger partial charge in [0.05, 0.1) is 4.90 Å². The first-order valence-corrected chi connectivity index (χ1v) is 12.6. The fraction of sp³-hybridized carbons (Fsp3) is 0.381. The van der Waals surface area contributed by atoms with E-state index >= 15 is 0 Å². The predicted octanol–water partition coefficient (Wildman–Crippen LogP) is 1.80. The number of carbonyl (C=O) groups excluding carboxylic acids is 3. The summed E-state index contributed by atoms with van der Waals surface area (Å²) in [6.45, 7) is 2.22. The summed E-state index contributed by atoms with van der Waals surface area (Å²) in [5.74, 6) is -0.609. The Kier molecular flexibility index (Phi) is 7.99. The van der Waals surface area contributed by atoms with Crippen molar-refractivity contribution >= 4 is 44.8 Å². The Morgan fingerprint density at radius 1 is 1.09 bits per heavy atom. The van der Waals surface area contributed by atoms with Crippen LogP contribution in [0.3, 0.4) is 0 Å². The van der Waals surface area contributed by atoms with Gasteiger partial charge in [-0.3, -0.25) is 14.4 Å². The molecule has 2 aromatic rings. The third-order valence-electron chi connectivity index (χ3n) is 5.05. The summed E-state index contributed by atoms with van der Waals surface area (Å²) < 4.78 is 27.1. The summed E-state index contributed by atoms with van der Waals surface area (Å²) in [4.78, 5) is 35.3. The van der Waals surface area contributed by atoms with Gasteiger partial charge in [-0.2, -0.15) is 15.6 Å². The van der Waals surface area contributed by atoms with Gasteiger partial charge in [0.1, 0.15) is 0 Å². The number of thiophene rings is 1. The van der Waals surface area contributed by atoms with Crippen molar-refractivity contribution in [3.63, 3.8) is 0 Å². The van der Waals surface area contributed by atoms with Crippen molar-refractivity contribution in [1.29, 1.82) is 0 Å². The minimum absolute atomic E-state index is 0.108. The van der Waals surface area contributed by atoms with E-state index in [0.29, 0.717) is 37.2 Å². The van der Waals surface area contributed by atoms with Crippen molar-refractivity contribution in [2.45, 2.75) is 37.1 Å². The van der Waals surface area contributed by atoms with Gasteiger partial charge < -0.3 is 16.0 Å². The van der Waals surface area contributed by atoms with Gasteiger partial charge in [-0.15, -0.1) is 0 Å². The number of hydrogen-bond acceptors (Lipinski definition) is 6. The Balaban J connectivity index is 1.43. The van der Waals surface area contributed by atoms with Crippen molar-refractivity contribution in [3.05, 3.63) is 46.7 Å². The second kappa shape index (κ2) is 10.7. The number of carbonyl (C=O) groups is 3. The van der Waals surface area contributed by atoms with Gasteiger partial charge in [-0.1, -0.05) is 0 Å². The molecular formula is C21H26N4O5S2. The SMILES string of the molecule is CC(=O)Nc1ccc(S(=O)(=O)N2CCC(NC(=O)CCNC(=O)c3ccsc3)CC2)cc1. The zero-order valence-electron chi connectivity index (χ0n) is 17.7. The molecule has 32 heavy (non-hydrogen) atoms. The molecule has 0 atom stereocenters. The molecule has 0 bridgehead atoms. The highest BCUT2D eigenvalue weighted by Crippen LogP contribution is 2.22. The number of sulfonamides is 1. The number of anilines is 1. The molecule has 2 heterocycles. The van der Waals surface area contributed by atoms with Crippen LogP contribution in [0.5, 0.6) is 0 Å². The lowest BCUT2D eigenvalue weighted by Crippen LogP contribution is -2.46. The molecule has 3 N–H and O–H groups in total. The van der Waals surface area contributed by atoms with Crippen LogP contribution < -0.4 is 16.0 Å². The maximum absolute atomic E-state index is 12.9. The van der Waals surface area contributed by atoms with Gasteiger partial charge in [-0.05, 0) is 48.6 Å². The lowest BCUT2D eigenvalue weighted by molar-refractivity contribution is -0.122.